The van der Waals surface area contributed by atoms with Gasteiger partial charge in [-0.15, -0.1) is 0 Å². The van der Waals surface area contributed by atoms with E-state index in [9.17, 15) is 0 Å². The SMILES string of the molecule is COCCC(C1CCC1)C1CCCN1. The average molecular weight is 197 g/mol. The summed E-state index contributed by atoms with van der Waals surface area (Å²) in [5.41, 5.74) is 0. The van der Waals surface area contributed by atoms with Crippen molar-refractivity contribution in [3.05, 3.63) is 0 Å². The van der Waals surface area contributed by atoms with Gasteiger partial charge in [0.25, 0.3) is 0 Å². The molecule has 1 saturated heterocycles. The van der Waals surface area contributed by atoms with Crippen LogP contribution in [0.1, 0.15) is 38.5 Å². The van der Waals surface area contributed by atoms with E-state index in [0.717, 1.165) is 24.5 Å². The highest BCUT2D eigenvalue weighted by Crippen LogP contribution is 2.38. The standard InChI is InChI=1S/C12H23NO/c1-14-9-7-11(10-4-2-5-10)12-6-3-8-13-12/h10-13H,2-9H2,1H3. The van der Waals surface area contributed by atoms with Crippen LogP contribution in [0.2, 0.25) is 0 Å². The molecule has 1 aliphatic carbocycles. The molecular weight excluding hydrogens is 174 g/mol. The van der Waals surface area contributed by atoms with E-state index in [2.05, 4.69) is 5.32 Å². The zero-order valence-electron chi connectivity index (χ0n) is 9.30. The van der Waals surface area contributed by atoms with Crippen LogP contribution in [0.5, 0.6) is 0 Å². The Morgan fingerprint density at radius 3 is 2.64 bits per heavy atom. The Bertz CT molecular complexity index is 162. The normalized spacial score (nSPS) is 30.2. The van der Waals surface area contributed by atoms with E-state index in [4.69, 9.17) is 4.74 Å². The van der Waals surface area contributed by atoms with Gasteiger partial charge in [-0.1, -0.05) is 19.3 Å². The van der Waals surface area contributed by atoms with Crippen LogP contribution in [-0.2, 0) is 4.74 Å². The van der Waals surface area contributed by atoms with E-state index in [0.29, 0.717) is 0 Å². The van der Waals surface area contributed by atoms with Gasteiger partial charge in [-0.05, 0) is 37.6 Å². The van der Waals surface area contributed by atoms with Gasteiger partial charge < -0.3 is 10.1 Å². The number of methoxy groups -OCH3 is 1. The molecule has 2 unspecified atom stereocenters. The predicted octanol–water partition coefficient (Wildman–Crippen LogP) is 2.19. The van der Waals surface area contributed by atoms with Crippen LogP contribution in [0.15, 0.2) is 0 Å². The fraction of sp³-hybridized carbons (Fsp3) is 1.00. The third-order valence-corrected chi connectivity index (χ3v) is 4.03. The molecule has 1 heterocycles. The van der Waals surface area contributed by atoms with Crippen LogP contribution in [0, 0.1) is 11.8 Å². The van der Waals surface area contributed by atoms with Gasteiger partial charge in [0.05, 0.1) is 0 Å². The van der Waals surface area contributed by atoms with Gasteiger partial charge in [-0.25, -0.2) is 0 Å². The van der Waals surface area contributed by atoms with Crippen molar-refractivity contribution in [2.24, 2.45) is 11.8 Å². The van der Waals surface area contributed by atoms with Crippen molar-refractivity contribution in [2.45, 2.75) is 44.6 Å². The first-order valence-corrected chi connectivity index (χ1v) is 6.14. The second-order valence-electron chi connectivity index (χ2n) is 4.84. The molecule has 0 aromatic carbocycles. The first-order chi connectivity index (χ1) is 6.92. The van der Waals surface area contributed by atoms with E-state index in [1.165, 1.54) is 45.1 Å². The number of hydrogen-bond acceptors (Lipinski definition) is 2. The highest BCUT2D eigenvalue weighted by atomic mass is 16.5. The Morgan fingerprint density at radius 1 is 1.29 bits per heavy atom. The molecule has 0 spiro atoms. The van der Waals surface area contributed by atoms with Crippen molar-refractivity contribution in [3.63, 3.8) is 0 Å². The van der Waals surface area contributed by atoms with Gasteiger partial charge in [0.1, 0.15) is 0 Å². The van der Waals surface area contributed by atoms with Crippen molar-refractivity contribution < 1.29 is 4.74 Å². The van der Waals surface area contributed by atoms with Crippen LogP contribution in [0.25, 0.3) is 0 Å². The predicted molar refractivity (Wildman–Crippen MR) is 58.3 cm³/mol. The Morgan fingerprint density at radius 2 is 2.14 bits per heavy atom. The third kappa shape index (κ3) is 2.29. The number of rotatable bonds is 5. The molecular formula is C12H23NO. The quantitative estimate of drug-likeness (QED) is 0.729. The summed E-state index contributed by atoms with van der Waals surface area (Å²) in [5.74, 6) is 1.90. The molecule has 1 saturated carbocycles. The summed E-state index contributed by atoms with van der Waals surface area (Å²) < 4.78 is 5.22. The van der Waals surface area contributed by atoms with Crippen LogP contribution in [0.4, 0.5) is 0 Å². The van der Waals surface area contributed by atoms with E-state index in [-0.39, 0.29) is 0 Å². The van der Waals surface area contributed by atoms with Gasteiger partial charge >= 0.3 is 0 Å². The molecule has 0 radical (unpaired) electrons. The summed E-state index contributed by atoms with van der Waals surface area (Å²) in [4.78, 5) is 0. The van der Waals surface area contributed by atoms with Crippen molar-refractivity contribution in [1.29, 1.82) is 0 Å². The molecule has 2 heteroatoms. The highest BCUT2D eigenvalue weighted by molar-refractivity contribution is 4.88. The minimum atomic E-state index is 0.801. The number of nitrogens with one attached hydrogen (secondary N) is 1. The van der Waals surface area contributed by atoms with E-state index in [1.54, 1.807) is 0 Å². The molecule has 2 aliphatic rings. The van der Waals surface area contributed by atoms with Gasteiger partial charge in [-0.3, -0.25) is 0 Å². The molecule has 0 amide bonds. The first-order valence-electron chi connectivity index (χ1n) is 6.14. The summed E-state index contributed by atoms with van der Waals surface area (Å²) in [6.45, 7) is 2.18. The van der Waals surface area contributed by atoms with Gasteiger partial charge in [-0.2, -0.15) is 0 Å². The second kappa shape index (κ2) is 5.13. The van der Waals surface area contributed by atoms with Crippen LogP contribution < -0.4 is 5.32 Å². The van der Waals surface area contributed by atoms with E-state index < -0.39 is 0 Å². The summed E-state index contributed by atoms with van der Waals surface area (Å²) in [6.07, 6.45) is 8.42. The molecule has 2 rings (SSSR count). The summed E-state index contributed by atoms with van der Waals surface area (Å²) in [7, 11) is 1.82. The summed E-state index contributed by atoms with van der Waals surface area (Å²) >= 11 is 0. The maximum absolute atomic E-state index is 5.22. The van der Waals surface area contributed by atoms with Gasteiger partial charge in [0, 0.05) is 19.8 Å². The maximum atomic E-state index is 5.22. The minimum Gasteiger partial charge on any atom is -0.385 e. The highest BCUT2D eigenvalue weighted by Gasteiger charge is 2.33. The third-order valence-electron chi connectivity index (χ3n) is 4.03. The van der Waals surface area contributed by atoms with E-state index >= 15 is 0 Å². The Labute approximate surface area is 87.4 Å². The first kappa shape index (κ1) is 10.4. The second-order valence-corrected chi connectivity index (χ2v) is 4.84. The van der Waals surface area contributed by atoms with Gasteiger partial charge in [0.2, 0.25) is 0 Å². The van der Waals surface area contributed by atoms with E-state index in [1.807, 2.05) is 7.11 Å². The molecule has 2 fully saturated rings. The summed E-state index contributed by atoms with van der Waals surface area (Å²) in [6, 6.07) is 0.801. The fourth-order valence-electron chi connectivity index (χ4n) is 2.96. The van der Waals surface area contributed by atoms with Crippen LogP contribution in [0.3, 0.4) is 0 Å². The maximum Gasteiger partial charge on any atom is 0.0465 e. The molecule has 0 aromatic rings. The minimum absolute atomic E-state index is 0.801. The largest absolute Gasteiger partial charge is 0.385 e. The molecule has 14 heavy (non-hydrogen) atoms. The van der Waals surface area contributed by atoms with Crippen LogP contribution >= 0.6 is 0 Å². The number of ether oxygens (including phenoxy) is 1. The lowest BCUT2D eigenvalue weighted by Gasteiger charge is -2.37. The lowest BCUT2D eigenvalue weighted by Crippen LogP contribution is -2.38. The average Bonchev–Trinajstić information content (AvgIpc) is 2.61. The molecule has 1 N–H and O–H groups in total. The smallest absolute Gasteiger partial charge is 0.0465 e. The molecule has 1 aliphatic heterocycles. The fourth-order valence-corrected chi connectivity index (χ4v) is 2.96. The summed E-state index contributed by atoms with van der Waals surface area (Å²) in [5, 5.41) is 3.66. The zero-order chi connectivity index (χ0) is 9.80. The lowest BCUT2D eigenvalue weighted by atomic mass is 9.71. The monoisotopic (exact) mass is 197 g/mol. The molecule has 0 aromatic heterocycles. The molecule has 2 nitrogen and oxygen atoms in total. The zero-order valence-corrected chi connectivity index (χ0v) is 9.30. The Balaban J connectivity index is 1.83. The number of hydrogen-bond donors (Lipinski definition) is 1. The van der Waals surface area contributed by atoms with Crippen molar-refractivity contribution >= 4 is 0 Å². The lowest BCUT2D eigenvalue weighted by molar-refractivity contribution is 0.110. The van der Waals surface area contributed by atoms with Crippen molar-refractivity contribution in [3.8, 4) is 0 Å². The Kier molecular flexibility index (Phi) is 3.82. The van der Waals surface area contributed by atoms with Crippen LogP contribution in [-0.4, -0.2) is 26.3 Å². The van der Waals surface area contributed by atoms with Crippen molar-refractivity contribution in [2.75, 3.05) is 20.3 Å². The van der Waals surface area contributed by atoms with Gasteiger partial charge in [0.15, 0.2) is 0 Å². The molecule has 2 atom stereocenters. The molecule has 82 valence electrons. The van der Waals surface area contributed by atoms with Crippen molar-refractivity contribution in [1.82, 2.24) is 5.32 Å². The topological polar surface area (TPSA) is 21.3 Å². The Hall–Kier alpha value is -0.0800. The molecule has 0 bridgehead atoms.